The topological polar surface area (TPSA) is 206 Å². The van der Waals surface area contributed by atoms with Gasteiger partial charge in [0.05, 0.1) is 12.6 Å². The summed E-state index contributed by atoms with van der Waals surface area (Å²) in [5, 5.41) is 21.8. The Morgan fingerprint density at radius 2 is 1.82 bits per heavy atom. The van der Waals surface area contributed by atoms with Gasteiger partial charge >= 0.3 is 5.97 Å². The van der Waals surface area contributed by atoms with Gasteiger partial charge in [0.1, 0.15) is 12.6 Å². The fourth-order valence-corrected chi connectivity index (χ4v) is 1.41. The number of aliphatic hydroxyl groups excluding tert-OH is 1. The minimum atomic E-state index is -1.27. The highest BCUT2D eigenvalue weighted by atomic mass is 16.4. The number of nitrogens with one attached hydrogen (secondary N) is 2. The van der Waals surface area contributed by atoms with Crippen LogP contribution in [-0.4, -0.2) is 65.7 Å². The molecule has 0 aliphatic carbocycles. The third-order valence-corrected chi connectivity index (χ3v) is 2.53. The lowest BCUT2D eigenvalue weighted by molar-refractivity contribution is -0.138. The van der Waals surface area contributed by atoms with Crippen LogP contribution in [0.4, 0.5) is 0 Å². The molecule has 10 N–H and O–H groups in total. The Kier molecular flexibility index (Phi) is 9.22. The Bertz CT molecular complexity index is 423. The molecule has 0 bridgehead atoms. The first kappa shape index (κ1) is 19.6. The zero-order valence-electron chi connectivity index (χ0n) is 12.0. The van der Waals surface area contributed by atoms with Gasteiger partial charge in [-0.1, -0.05) is 0 Å². The Morgan fingerprint density at radius 1 is 1.18 bits per heavy atom. The molecule has 0 fully saturated rings. The lowest BCUT2D eigenvalue weighted by atomic mass is 10.1. The van der Waals surface area contributed by atoms with Gasteiger partial charge in [-0.25, -0.2) is 0 Å². The maximum absolute atomic E-state index is 11.8. The molecule has 0 aromatic carbocycles. The number of aliphatic carboxylic acids is 1. The number of rotatable bonds is 10. The van der Waals surface area contributed by atoms with Gasteiger partial charge < -0.3 is 38.0 Å². The molecule has 0 rings (SSSR count). The first-order chi connectivity index (χ1) is 10.3. The average Bonchev–Trinajstić information content (AvgIpc) is 2.45. The van der Waals surface area contributed by atoms with Crippen LogP contribution in [0.5, 0.6) is 0 Å². The predicted octanol–water partition coefficient (Wildman–Crippen LogP) is -3.95. The number of aliphatic hydroxyl groups is 1. The molecule has 2 amide bonds. The Morgan fingerprint density at radius 3 is 2.32 bits per heavy atom. The quantitative estimate of drug-likeness (QED) is 0.120. The van der Waals surface area contributed by atoms with Crippen molar-refractivity contribution in [2.75, 3.05) is 19.7 Å². The zero-order valence-corrected chi connectivity index (χ0v) is 12.0. The van der Waals surface area contributed by atoms with Crippen LogP contribution >= 0.6 is 0 Å². The van der Waals surface area contributed by atoms with Gasteiger partial charge in [0, 0.05) is 6.54 Å². The number of hydrogen-bond acceptors (Lipinski definition) is 6. The van der Waals surface area contributed by atoms with Crippen molar-refractivity contribution >= 4 is 23.7 Å². The summed E-state index contributed by atoms with van der Waals surface area (Å²) >= 11 is 0. The maximum Gasteiger partial charge on any atom is 0.322 e. The lowest BCUT2D eigenvalue weighted by Crippen LogP contribution is -2.53. The van der Waals surface area contributed by atoms with E-state index in [1.165, 1.54) is 0 Å². The molecule has 0 aromatic heterocycles. The summed E-state index contributed by atoms with van der Waals surface area (Å²) in [6, 6.07) is -2.17. The molecule has 0 spiro atoms. The third-order valence-electron chi connectivity index (χ3n) is 2.53. The number of carbonyl (C=O) groups excluding carboxylic acids is 2. The second-order valence-corrected chi connectivity index (χ2v) is 4.41. The van der Waals surface area contributed by atoms with Crippen molar-refractivity contribution in [3.63, 3.8) is 0 Å². The van der Waals surface area contributed by atoms with Crippen LogP contribution in [0.15, 0.2) is 4.99 Å². The third kappa shape index (κ3) is 8.71. The van der Waals surface area contributed by atoms with E-state index in [-0.39, 0.29) is 12.4 Å². The van der Waals surface area contributed by atoms with Crippen molar-refractivity contribution in [1.29, 1.82) is 0 Å². The van der Waals surface area contributed by atoms with Crippen molar-refractivity contribution in [3.05, 3.63) is 0 Å². The summed E-state index contributed by atoms with van der Waals surface area (Å²) in [4.78, 5) is 37.3. The first-order valence-electron chi connectivity index (χ1n) is 6.49. The van der Waals surface area contributed by atoms with Gasteiger partial charge in [-0.3, -0.25) is 19.4 Å². The van der Waals surface area contributed by atoms with E-state index in [1.54, 1.807) is 0 Å². The Hall–Kier alpha value is -2.40. The van der Waals surface area contributed by atoms with E-state index in [9.17, 15) is 14.4 Å². The van der Waals surface area contributed by atoms with Gasteiger partial charge in [-0.05, 0) is 12.8 Å². The molecule has 22 heavy (non-hydrogen) atoms. The number of amides is 2. The standard InChI is InChI=1S/C11H22N6O5/c12-6(2-1-3-15-11(13)14)9(21)17-7(5-18)10(22)16-4-8(19)20/h6-7,18H,1-5,12H2,(H,16,22)(H,17,21)(H,19,20)(H4,13,14,15)/t6-,7-/m0/s1. The van der Waals surface area contributed by atoms with E-state index in [0.717, 1.165) is 0 Å². The number of nitrogens with zero attached hydrogens (tertiary/aromatic N) is 1. The highest BCUT2D eigenvalue weighted by Crippen LogP contribution is 1.96. The van der Waals surface area contributed by atoms with E-state index in [1.807, 2.05) is 5.32 Å². The van der Waals surface area contributed by atoms with Crippen LogP contribution in [0, 0.1) is 0 Å². The van der Waals surface area contributed by atoms with Crippen LogP contribution in [0.1, 0.15) is 12.8 Å². The van der Waals surface area contributed by atoms with Gasteiger partial charge in [0.15, 0.2) is 5.96 Å². The fourth-order valence-electron chi connectivity index (χ4n) is 1.41. The van der Waals surface area contributed by atoms with Crippen LogP contribution in [0.25, 0.3) is 0 Å². The zero-order chi connectivity index (χ0) is 17.1. The van der Waals surface area contributed by atoms with E-state index < -0.39 is 43.0 Å². The minimum Gasteiger partial charge on any atom is -0.480 e. The molecular weight excluding hydrogens is 296 g/mol. The highest BCUT2D eigenvalue weighted by Gasteiger charge is 2.23. The summed E-state index contributed by atoms with van der Waals surface area (Å²) in [7, 11) is 0. The number of carboxylic acid groups (broad SMARTS) is 1. The maximum atomic E-state index is 11.8. The molecule has 0 heterocycles. The summed E-state index contributed by atoms with van der Waals surface area (Å²) in [6.45, 7) is -0.987. The Balaban J connectivity index is 4.25. The second kappa shape index (κ2) is 10.3. The molecule has 11 heteroatoms. The molecule has 0 radical (unpaired) electrons. The summed E-state index contributed by atoms with van der Waals surface area (Å²) in [5.41, 5.74) is 15.9. The lowest BCUT2D eigenvalue weighted by Gasteiger charge is -2.18. The molecule has 2 atom stereocenters. The van der Waals surface area contributed by atoms with Crippen LogP contribution in [-0.2, 0) is 14.4 Å². The molecule has 0 saturated heterocycles. The number of carboxylic acids is 1. The van der Waals surface area contributed by atoms with Gasteiger partial charge in [-0.2, -0.15) is 0 Å². The number of guanidine groups is 1. The minimum absolute atomic E-state index is 0.0616. The molecule has 0 unspecified atom stereocenters. The highest BCUT2D eigenvalue weighted by molar-refractivity contribution is 5.91. The molecule has 126 valence electrons. The molecule has 0 aliphatic heterocycles. The summed E-state index contributed by atoms with van der Waals surface area (Å²) in [6.07, 6.45) is 0.735. The number of nitrogens with two attached hydrogens (primary N) is 3. The van der Waals surface area contributed by atoms with Crippen LogP contribution in [0.2, 0.25) is 0 Å². The SMILES string of the molecule is NC(N)=NCCC[C@H](N)C(=O)N[C@@H](CO)C(=O)NCC(=O)O. The van der Waals surface area contributed by atoms with Crippen LogP contribution in [0.3, 0.4) is 0 Å². The monoisotopic (exact) mass is 318 g/mol. The van der Waals surface area contributed by atoms with Crippen molar-refractivity contribution in [3.8, 4) is 0 Å². The molecular formula is C11H22N6O5. The smallest absolute Gasteiger partial charge is 0.322 e. The largest absolute Gasteiger partial charge is 0.480 e. The molecule has 0 aliphatic rings. The van der Waals surface area contributed by atoms with E-state index in [0.29, 0.717) is 13.0 Å². The van der Waals surface area contributed by atoms with E-state index in [2.05, 4.69) is 10.3 Å². The van der Waals surface area contributed by atoms with Crippen LogP contribution < -0.4 is 27.8 Å². The van der Waals surface area contributed by atoms with E-state index in [4.69, 9.17) is 27.4 Å². The molecule has 0 saturated carbocycles. The predicted molar refractivity (Wildman–Crippen MR) is 77.5 cm³/mol. The number of hydrogen-bond donors (Lipinski definition) is 7. The normalized spacial score (nSPS) is 12.8. The summed E-state index contributed by atoms with van der Waals surface area (Å²) in [5.74, 6) is -2.76. The molecule has 0 aromatic rings. The van der Waals surface area contributed by atoms with Crippen molar-refractivity contribution < 1.29 is 24.6 Å². The van der Waals surface area contributed by atoms with Gasteiger partial charge in [0.2, 0.25) is 11.8 Å². The molecule has 11 nitrogen and oxygen atoms in total. The van der Waals surface area contributed by atoms with E-state index >= 15 is 0 Å². The summed E-state index contributed by atoms with van der Waals surface area (Å²) < 4.78 is 0. The second-order valence-electron chi connectivity index (χ2n) is 4.41. The van der Waals surface area contributed by atoms with Crippen molar-refractivity contribution in [2.45, 2.75) is 24.9 Å². The van der Waals surface area contributed by atoms with Gasteiger partial charge in [-0.15, -0.1) is 0 Å². The first-order valence-corrected chi connectivity index (χ1v) is 6.49. The average molecular weight is 318 g/mol. The Labute approximate surface area is 126 Å². The number of carbonyl (C=O) groups is 3. The fraction of sp³-hybridized carbons (Fsp3) is 0.636. The van der Waals surface area contributed by atoms with Crippen molar-refractivity contribution in [1.82, 2.24) is 10.6 Å². The van der Waals surface area contributed by atoms with Gasteiger partial charge in [0.25, 0.3) is 0 Å². The number of aliphatic imine (C=N–C) groups is 1. The van der Waals surface area contributed by atoms with Crippen molar-refractivity contribution in [2.24, 2.45) is 22.2 Å².